The van der Waals surface area contributed by atoms with Crippen LogP contribution in [-0.4, -0.2) is 35.3 Å². The topological polar surface area (TPSA) is 34.5 Å². The highest BCUT2D eigenvalue weighted by molar-refractivity contribution is 5.69. The molecule has 2 aliphatic heterocycles. The minimum Gasteiger partial charge on any atom is -0.443 e. The molecule has 0 aliphatic carbocycles. The quantitative estimate of drug-likeness (QED) is 0.782. The van der Waals surface area contributed by atoms with E-state index in [1.807, 2.05) is 12.3 Å². The molecule has 3 heterocycles. The summed E-state index contributed by atoms with van der Waals surface area (Å²) in [5.41, 5.74) is 2.33. The van der Waals surface area contributed by atoms with E-state index in [9.17, 15) is 4.79 Å². The fraction of sp³-hybridized carbons (Fsp3) is 0.462. The number of allylic oxidation sites excluding steroid dienone is 1. The van der Waals surface area contributed by atoms with Gasteiger partial charge in [0.05, 0.1) is 5.70 Å². The van der Waals surface area contributed by atoms with Crippen LogP contribution in [0.2, 0.25) is 0 Å². The van der Waals surface area contributed by atoms with E-state index in [-0.39, 0.29) is 6.09 Å². The third kappa shape index (κ3) is 1.95. The predicted octanol–water partition coefficient (Wildman–Crippen LogP) is 2.12. The van der Waals surface area contributed by atoms with Crippen molar-refractivity contribution in [3.8, 4) is 0 Å². The van der Waals surface area contributed by atoms with E-state index in [1.54, 1.807) is 4.90 Å². The molecule has 0 radical (unpaired) electrons. The normalized spacial score (nSPS) is 18.1. The molecule has 17 heavy (non-hydrogen) atoms. The molecule has 1 amide bonds. The van der Waals surface area contributed by atoms with Gasteiger partial charge in [0, 0.05) is 31.4 Å². The Kier molecular flexibility index (Phi) is 2.63. The van der Waals surface area contributed by atoms with Crippen LogP contribution in [0, 0.1) is 0 Å². The highest BCUT2D eigenvalue weighted by atomic mass is 16.6. The van der Waals surface area contributed by atoms with Crippen molar-refractivity contribution in [2.75, 3.05) is 19.7 Å². The fourth-order valence-corrected chi connectivity index (χ4v) is 2.44. The molecule has 1 aromatic rings. The fourth-order valence-electron chi connectivity index (χ4n) is 2.44. The lowest BCUT2D eigenvalue weighted by molar-refractivity contribution is 0.122. The molecule has 4 heteroatoms. The number of rotatable bonds is 2. The van der Waals surface area contributed by atoms with E-state index in [1.165, 1.54) is 5.69 Å². The van der Waals surface area contributed by atoms with Crippen molar-refractivity contribution in [2.24, 2.45) is 0 Å². The summed E-state index contributed by atoms with van der Waals surface area (Å²) >= 11 is 0. The third-order valence-electron chi connectivity index (χ3n) is 3.40. The first-order chi connectivity index (χ1) is 8.34. The second kappa shape index (κ2) is 4.28. The van der Waals surface area contributed by atoms with Crippen LogP contribution in [0.25, 0.3) is 5.70 Å². The van der Waals surface area contributed by atoms with Gasteiger partial charge in [0.2, 0.25) is 0 Å². The number of amides is 1. The average molecular weight is 232 g/mol. The molecule has 0 bridgehead atoms. The summed E-state index contributed by atoms with van der Waals surface area (Å²) in [4.78, 5) is 13.5. The number of aromatic nitrogens is 1. The molecule has 0 spiro atoms. The van der Waals surface area contributed by atoms with Crippen molar-refractivity contribution in [3.05, 3.63) is 30.1 Å². The first-order valence-electron chi connectivity index (χ1n) is 6.12. The summed E-state index contributed by atoms with van der Waals surface area (Å²) in [6.07, 6.45) is 7.08. The average Bonchev–Trinajstić information content (AvgIpc) is 3.03. The van der Waals surface area contributed by atoms with Crippen LogP contribution < -0.4 is 0 Å². The first-order valence-corrected chi connectivity index (χ1v) is 6.12. The maximum Gasteiger partial charge on any atom is 0.410 e. The molecule has 0 atom stereocenters. The summed E-state index contributed by atoms with van der Waals surface area (Å²) in [6.45, 7) is 2.05. The van der Waals surface area contributed by atoms with Gasteiger partial charge in [-0.25, -0.2) is 4.79 Å². The lowest BCUT2D eigenvalue weighted by Crippen LogP contribution is -2.29. The highest BCUT2D eigenvalue weighted by Gasteiger charge is 2.20. The number of likely N-dealkylation sites (tertiary alicyclic amines) is 1. The lowest BCUT2D eigenvalue weighted by atomic mass is 10.3. The Morgan fingerprint density at radius 2 is 2.18 bits per heavy atom. The predicted molar refractivity (Wildman–Crippen MR) is 64.6 cm³/mol. The van der Waals surface area contributed by atoms with Crippen LogP contribution in [0.15, 0.2) is 24.4 Å². The molecule has 1 fully saturated rings. The van der Waals surface area contributed by atoms with Gasteiger partial charge in [0.25, 0.3) is 0 Å². The third-order valence-corrected chi connectivity index (χ3v) is 3.40. The number of carbonyl (C=O) groups is 1. The second-order valence-corrected chi connectivity index (χ2v) is 4.52. The standard InChI is InChI=1S/C13H16N2O2/c16-13(14-7-1-2-8-14)17-10-12-6-5-11-4-3-9-15(11)12/h3-4,6,9H,1-2,5,7-8,10H2. The number of ether oxygens (including phenoxy) is 1. The Hall–Kier alpha value is -1.71. The van der Waals surface area contributed by atoms with Crippen LogP contribution in [0.5, 0.6) is 0 Å². The number of hydrogen-bond acceptors (Lipinski definition) is 2. The minimum atomic E-state index is -0.177. The van der Waals surface area contributed by atoms with Gasteiger partial charge in [-0.3, -0.25) is 0 Å². The SMILES string of the molecule is O=C(OCC1=CCc2cccn21)N1CCCC1. The van der Waals surface area contributed by atoms with Crippen molar-refractivity contribution in [2.45, 2.75) is 19.3 Å². The molecule has 1 saturated heterocycles. The molecule has 0 aromatic carbocycles. The summed E-state index contributed by atoms with van der Waals surface area (Å²) in [5.74, 6) is 0. The van der Waals surface area contributed by atoms with Gasteiger partial charge in [0.15, 0.2) is 0 Å². The Morgan fingerprint density at radius 3 is 3.00 bits per heavy atom. The first kappa shape index (κ1) is 10.4. The van der Waals surface area contributed by atoms with Gasteiger partial charge in [0.1, 0.15) is 6.61 Å². The van der Waals surface area contributed by atoms with Crippen molar-refractivity contribution in [1.29, 1.82) is 0 Å². The summed E-state index contributed by atoms with van der Waals surface area (Å²) in [7, 11) is 0. The number of fused-ring (bicyclic) bond motifs is 1. The zero-order valence-corrected chi connectivity index (χ0v) is 9.76. The van der Waals surface area contributed by atoms with Gasteiger partial charge in [-0.2, -0.15) is 0 Å². The van der Waals surface area contributed by atoms with Gasteiger partial charge in [-0.05, 0) is 25.0 Å². The molecule has 0 saturated carbocycles. The minimum absolute atomic E-state index is 0.177. The molecule has 3 rings (SSSR count). The molecule has 4 nitrogen and oxygen atoms in total. The maximum absolute atomic E-state index is 11.7. The van der Waals surface area contributed by atoms with Gasteiger partial charge in [-0.15, -0.1) is 0 Å². The molecule has 0 N–H and O–H groups in total. The number of hydrogen-bond donors (Lipinski definition) is 0. The van der Waals surface area contributed by atoms with E-state index in [4.69, 9.17) is 4.74 Å². The lowest BCUT2D eigenvalue weighted by Gasteiger charge is -2.15. The van der Waals surface area contributed by atoms with Crippen LogP contribution in [0.1, 0.15) is 18.5 Å². The van der Waals surface area contributed by atoms with E-state index in [2.05, 4.69) is 16.7 Å². The largest absolute Gasteiger partial charge is 0.443 e. The van der Waals surface area contributed by atoms with Crippen molar-refractivity contribution in [3.63, 3.8) is 0 Å². The second-order valence-electron chi connectivity index (χ2n) is 4.52. The van der Waals surface area contributed by atoms with E-state index in [0.29, 0.717) is 6.61 Å². The summed E-state index contributed by atoms with van der Waals surface area (Å²) in [5, 5.41) is 0. The van der Waals surface area contributed by atoms with Crippen LogP contribution in [0.3, 0.4) is 0 Å². The molecule has 90 valence electrons. The number of nitrogens with zero attached hydrogens (tertiary/aromatic N) is 2. The zero-order chi connectivity index (χ0) is 11.7. The van der Waals surface area contributed by atoms with E-state index in [0.717, 1.165) is 38.0 Å². The Bertz CT molecular complexity index is 456. The summed E-state index contributed by atoms with van der Waals surface area (Å²) in [6, 6.07) is 4.11. The van der Waals surface area contributed by atoms with Gasteiger partial charge >= 0.3 is 6.09 Å². The maximum atomic E-state index is 11.7. The van der Waals surface area contributed by atoms with Crippen LogP contribution in [0.4, 0.5) is 4.79 Å². The van der Waals surface area contributed by atoms with Gasteiger partial charge in [-0.1, -0.05) is 6.08 Å². The monoisotopic (exact) mass is 232 g/mol. The van der Waals surface area contributed by atoms with E-state index >= 15 is 0 Å². The number of carbonyl (C=O) groups excluding carboxylic acids is 1. The Balaban J connectivity index is 1.57. The molecule has 0 unspecified atom stereocenters. The van der Waals surface area contributed by atoms with Gasteiger partial charge < -0.3 is 14.2 Å². The molecular formula is C13H16N2O2. The van der Waals surface area contributed by atoms with E-state index < -0.39 is 0 Å². The van der Waals surface area contributed by atoms with Crippen molar-refractivity contribution >= 4 is 11.8 Å². The molecule has 2 aliphatic rings. The zero-order valence-electron chi connectivity index (χ0n) is 9.76. The molecule has 1 aromatic heterocycles. The van der Waals surface area contributed by atoms with Crippen molar-refractivity contribution < 1.29 is 9.53 Å². The van der Waals surface area contributed by atoms with Crippen LogP contribution in [-0.2, 0) is 11.2 Å². The summed E-state index contributed by atoms with van der Waals surface area (Å²) < 4.78 is 7.43. The Morgan fingerprint density at radius 1 is 1.35 bits per heavy atom. The smallest absolute Gasteiger partial charge is 0.410 e. The van der Waals surface area contributed by atoms with Crippen molar-refractivity contribution in [1.82, 2.24) is 9.47 Å². The van der Waals surface area contributed by atoms with Crippen LogP contribution >= 0.6 is 0 Å². The molecular weight excluding hydrogens is 216 g/mol. The highest BCUT2D eigenvalue weighted by Crippen LogP contribution is 2.20. The Labute approximate surface area is 100 Å².